The van der Waals surface area contributed by atoms with Crippen molar-refractivity contribution in [1.82, 2.24) is 5.32 Å². The molecular weight excluding hydrogens is 209 g/mol. The monoisotopic (exact) mass is 219 g/mol. The molecule has 1 heterocycles. The van der Waals surface area contributed by atoms with Gasteiger partial charge in [-0.25, -0.2) is 0 Å². The number of ether oxygens (including phenoxy) is 1. The fourth-order valence-corrected chi connectivity index (χ4v) is 1.20. The Morgan fingerprint density at radius 3 is 2.21 bits per heavy atom. The van der Waals surface area contributed by atoms with Crippen molar-refractivity contribution in [2.75, 3.05) is 13.1 Å². The van der Waals surface area contributed by atoms with Crippen LogP contribution in [0.1, 0.15) is 12.8 Å². The summed E-state index contributed by atoms with van der Waals surface area (Å²) >= 11 is 0. The average Bonchev–Trinajstić information content (AvgIpc) is 2.03. The highest BCUT2D eigenvalue weighted by Crippen LogP contribution is 2.37. The van der Waals surface area contributed by atoms with Crippen molar-refractivity contribution in [2.45, 2.75) is 31.2 Å². The minimum absolute atomic E-state index is 0.0334. The van der Waals surface area contributed by atoms with E-state index in [0.717, 1.165) is 0 Å². The minimum atomic E-state index is -5.63. The maximum atomic E-state index is 12.3. The van der Waals surface area contributed by atoms with Crippen LogP contribution in [0.3, 0.4) is 0 Å². The molecule has 0 aromatic rings. The third-order valence-electron chi connectivity index (χ3n) is 1.90. The molecule has 1 N–H and O–H groups in total. The van der Waals surface area contributed by atoms with Gasteiger partial charge in [-0.15, -0.1) is 0 Å². The van der Waals surface area contributed by atoms with Crippen molar-refractivity contribution in [3.63, 3.8) is 0 Å². The molecule has 0 unspecified atom stereocenters. The van der Waals surface area contributed by atoms with Crippen LogP contribution in [0.15, 0.2) is 0 Å². The summed E-state index contributed by atoms with van der Waals surface area (Å²) in [5.41, 5.74) is 0. The molecule has 1 saturated heterocycles. The van der Waals surface area contributed by atoms with Crippen LogP contribution in [-0.2, 0) is 4.74 Å². The predicted octanol–water partition coefficient (Wildman–Crippen LogP) is 1.91. The van der Waals surface area contributed by atoms with E-state index >= 15 is 0 Å². The van der Waals surface area contributed by atoms with Crippen molar-refractivity contribution in [2.24, 2.45) is 0 Å². The number of alkyl halides is 5. The van der Waals surface area contributed by atoms with E-state index in [9.17, 15) is 22.0 Å². The van der Waals surface area contributed by atoms with Gasteiger partial charge in [0.05, 0.1) is 6.10 Å². The first kappa shape index (κ1) is 11.6. The molecule has 7 heteroatoms. The van der Waals surface area contributed by atoms with Crippen LogP contribution in [0.5, 0.6) is 0 Å². The van der Waals surface area contributed by atoms with Crippen molar-refractivity contribution < 1.29 is 26.7 Å². The molecule has 1 rings (SSSR count). The molecule has 1 fully saturated rings. The Morgan fingerprint density at radius 1 is 1.14 bits per heavy atom. The van der Waals surface area contributed by atoms with Gasteiger partial charge in [-0.2, -0.15) is 22.0 Å². The Bertz CT molecular complexity index is 187. The second-order valence-electron chi connectivity index (χ2n) is 3.10. The SMILES string of the molecule is FC(F)(F)C(F)(F)O[C@@H]1CCCNC1. The van der Waals surface area contributed by atoms with Gasteiger partial charge >= 0.3 is 12.3 Å². The maximum Gasteiger partial charge on any atom is 0.482 e. The summed E-state index contributed by atoms with van der Waals surface area (Å²) in [6.07, 6.45) is -11.0. The molecular formula is C7H10F5NO. The topological polar surface area (TPSA) is 21.3 Å². The normalized spacial score (nSPS) is 25.1. The lowest BCUT2D eigenvalue weighted by atomic mass is 10.1. The Labute approximate surface area is 77.4 Å². The van der Waals surface area contributed by atoms with Gasteiger partial charge in [0.25, 0.3) is 0 Å². The number of rotatable bonds is 2. The maximum absolute atomic E-state index is 12.3. The van der Waals surface area contributed by atoms with E-state index in [1.807, 2.05) is 0 Å². The van der Waals surface area contributed by atoms with E-state index in [1.54, 1.807) is 0 Å². The molecule has 0 aliphatic carbocycles. The van der Waals surface area contributed by atoms with Crippen LogP contribution < -0.4 is 5.32 Å². The molecule has 14 heavy (non-hydrogen) atoms. The van der Waals surface area contributed by atoms with Crippen LogP contribution in [0.2, 0.25) is 0 Å². The Kier molecular flexibility index (Phi) is 3.31. The summed E-state index contributed by atoms with van der Waals surface area (Å²) in [7, 11) is 0. The standard InChI is InChI=1S/C7H10F5NO/c8-6(9,10)7(11,12)14-5-2-1-3-13-4-5/h5,13H,1-4H2/t5-/m1/s1. The Balaban J connectivity index is 2.49. The summed E-state index contributed by atoms with van der Waals surface area (Å²) in [6.45, 7) is 0.656. The lowest BCUT2D eigenvalue weighted by molar-refractivity contribution is -0.402. The third-order valence-corrected chi connectivity index (χ3v) is 1.90. The van der Waals surface area contributed by atoms with Crippen molar-refractivity contribution in [1.29, 1.82) is 0 Å². The van der Waals surface area contributed by atoms with Crippen molar-refractivity contribution in [3.05, 3.63) is 0 Å². The van der Waals surface area contributed by atoms with Crippen LogP contribution in [-0.4, -0.2) is 31.5 Å². The zero-order valence-corrected chi connectivity index (χ0v) is 7.20. The summed E-state index contributed by atoms with van der Waals surface area (Å²) in [6, 6.07) is 0. The van der Waals surface area contributed by atoms with E-state index < -0.39 is 18.4 Å². The third kappa shape index (κ3) is 2.78. The summed E-state index contributed by atoms with van der Waals surface area (Å²) in [4.78, 5) is 0. The highest BCUT2D eigenvalue weighted by atomic mass is 19.4. The molecule has 0 spiro atoms. The van der Waals surface area contributed by atoms with Gasteiger partial charge < -0.3 is 10.1 Å². The highest BCUT2D eigenvalue weighted by Gasteiger charge is 2.60. The van der Waals surface area contributed by atoms with Crippen molar-refractivity contribution >= 4 is 0 Å². The fourth-order valence-electron chi connectivity index (χ4n) is 1.20. The highest BCUT2D eigenvalue weighted by molar-refractivity contribution is 4.73. The van der Waals surface area contributed by atoms with Crippen LogP contribution in [0, 0.1) is 0 Å². The van der Waals surface area contributed by atoms with Crippen molar-refractivity contribution in [3.8, 4) is 0 Å². The largest absolute Gasteiger partial charge is 0.482 e. The molecule has 2 nitrogen and oxygen atoms in total. The second-order valence-corrected chi connectivity index (χ2v) is 3.10. The number of nitrogens with one attached hydrogen (secondary N) is 1. The molecule has 0 saturated carbocycles. The van der Waals surface area contributed by atoms with E-state index in [1.165, 1.54) is 0 Å². The van der Waals surface area contributed by atoms with Gasteiger partial charge in [0.15, 0.2) is 0 Å². The first-order chi connectivity index (χ1) is 6.33. The molecule has 84 valence electrons. The average molecular weight is 219 g/mol. The number of hydrogen-bond donors (Lipinski definition) is 1. The summed E-state index contributed by atoms with van der Waals surface area (Å²) in [5, 5.41) is 2.68. The van der Waals surface area contributed by atoms with E-state index in [4.69, 9.17) is 0 Å². The predicted molar refractivity (Wildman–Crippen MR) is 38.0 cm³/mol. The molecule has 0 aromatic heterocycles. The molecule has 0 radical (unpaired) electrons. The number of hydrogen-bond acceptors (Lipinski definition) is 2. The van der Waals surface area contributed by atoms with E-state index in [2.05, 4.69) is 10.1 Å². The molecule has 0 aromatic carbocycles. The van der Waals surface area contributed by atoms with Gasteiger partial charge in [0.1, 0.15) is 0 Å². The quantitative estimate of drug-likeness (QED) is 0.716. The lowest BCUT2D eigenvalue weighted by Gasteiger charge is -2.28. The lowest BCUT2D eigenvalue weighted by Crippen LogP contribution is -2.46. The van der Waals surface area contributed by atoms with Crippen LogP contribution in [0.25, 0.3) is 0 Å². The minimum Gasteiger partial charge on any atom is -0.314 e. The Morgan fingerprint density at radius 2 is 1.79 bits per heavy atom. The van der Waals surface area contributed by atoms with E-state index in [-0.39, 0.29) is 13.0 Å². The van der Waals surface area contributed by atoms with Crippen LogP contribution in [0.4, 0.5) is 22.0 Å². The van der Waals surface area contributed by atoms with Gasteiger partial charge in [-0.1, -0.05) is 0 Å². The summed E-state index contributed by atoms with van der Waals surface area (Å²) < 4.78 is 63.5. The van der Waals surface area contributed by atoms with Gasteiger partial charge in [0, 0.05) is 6.54 Å². The molecule has 1 aliphatic heterocycles. The first-order valence-corrected chi connectivity index (χ1v) is 4.16. The van der Waals surface area contributed by atoms with E-state index in [0.29, 0.717) is 13.0 Å². The first-order valence-electron chi connectivity index (χ1n) is 4.16. The smallest absolute Gasteiger partial charge is 0.314 e. The van der Waals surface area contributed by atoms with Gasteiger partial charge in [-0.05, 0) is 19.4 Å². The van der Waals surface area contributed by atoms with Gasteiger partial charge in [0.2, 0.25) is 0 Å². The Hall–Kier alpha value is -0.430. The zero-order chi connectivity index (χ0) is 10.8. The summed E-state index contributed by atoms with van der Waals surface area (Å²) in [5.74, 6) is 0. The van der Waals surface area contributed by atoms with Crippen LogP contribution >= 0.6 is 0 Å². The second kappa shape index (κ2) is 3.98. The molecule has 0 amide bonds. The number of piperidine rings is 1. The number of halogens is 5. The molecule has 0 bridgehead atoms. The molecule has 1 aliphatic rings. The van der Waals surface area contributed by atoms with Gasteiger partial charge in [-0.3, -0.25) is 0 Å². The molecule has 1 atom stereocenters. The zero-order valence-electron chi connectivity index (χ0n) is 7.20. The fraction of sp³-hybridized carbons (Fsp3) is 1.00.